The van der Waals surface area contributed by atoms with Crippen LogP contribution >= 0.6 is 12.4 Å². The number of amides is 3. The van der Waals surface area contributed by atoms with E-state index in [9.17, 15) is 9.59 Å². The number of nitrogens with zero attached hydrogens (tertiary/aromatic N) is 2. The van der Waals surface area contributed by atoms with Crippen LogP contribution in [0.3, 0.4) is 0 Å². The number of carbonyl (C=O) groups excluding carboxylic acids is 2. The van der Waals surface area contributed by atoms with Gasteiger partial charge in [-0.3, -0.25) is 9.69 Å². The second-order valence-corrected chi connectivity index (χ2v) is 8.51. The molecule has 0 radical (unpaired) electrons. The van der Waals surface area contributed by atoms with Crippen LogP contribution in [0, 0.1) is 0 Å². The molecule has 3 aromatic rings. The van der Waals surface area contributed by atoms with Crippen molar-refractivity contribution in [2.45, 2.75) is 31.2 Å². The minimum absolute atomic E-state index is 0. The zero-order chi connectivity index (χ0) is 21.3. The summed E-state index contributed by atoms with van der Waals surface area (Å²) in [7, 11) is 0. The van der Waals surface area contributed by atoms with Crippen LogP contribution in [0.5, 0.6) is 0 Å². The summed E-state index contributed by atoms with van der Waals surface area (Å²) in [5.74, 6) is -0.202. The zero-order valence-corrected chi connectivity index (χ0v) is 18.9. The number of carbonyl (C=O) groups is 2. The smallest absolute Gasteiger partial charge is 0.325 e. The number of urea groups is 1. The number of halogens is 1. The summed E-state index contributed by atoms with van der Waals surface area (Å²) in [6, 6.07) is 17.1. The molecule has 3 heterocycles. The Morgan fingerprint density at radius 1 is 0.875 bits per heavy atom. The fourth-order valence-corrected chi connectivity index (χ4v) is 5.02. The van der Waals surface area contributed by atoms with Gasteiger partial charge in [-0.05, 0) is 50.5 Å². The predicted octanol–water partition coefficient (Wildman–Crippen LogP) is 4.26. The van der Waals surface area contributed by atoms with Gasteiger partial charge in [-0.25, -0.2) is 4.79 Å². The van der Waals surface area contributed by atoms with Gasteiger partial charge in [-0.15, -0.1) is 12.4 Å². The van der Waals surface area contributed by atoms with Gasteiger partial charge < -0.3 is 15.2 Å². The number of hydrogen-bond donors (Lipinski definition) is 2. The Kier molecular flexibility index (Phi) is 6.53. The maximum Gasteiger partial charge on any atom is 0.325 e. The second-order valence-electron chi connectivity index (χ2n) is 8.51. The zero-order valence-electron chi connectivity index (χ0n) is 18.0. The van der Waals surface area contributed by atoms with Crippen LogP contribution in [0.15, 0.2) is 60.8 Å². The van der Waals surface area contributed by atoms with E-state index in [4.69, 9.17) is 0 Å². The highest BCUT2D eigenvalue weighted by atomic mass is 35.5. The van der Waals surface area contributed by atoms with Gasteiger partial charge in [0.2, 0.25) is 0 Å². The molecule has 2 fully saturated rings. The molecule has 0 saturated carbocycles. The molecule has 0 bridgehead atoms. The molecule has 1 unspecified atom stereocenters. The third kappa shape index (κ3) is 3.78. The Morgan fingerprint density at radius 2 is 1.59 bits per heavy atom. The van der Waals surface area contributed by atoms with E-state index < -0.39 is 5.54 Å². The number of rotatable bonds is 6. The molecule has 0 aliphatic carbocycles. The van der Waals surface area contributed by atoms with E-state index >= 15 is 0 Å². The molecule has 0 spiro atoms. The lowest BCUT2D eigenvalue weighted by molar-refractivity contribution is -0.130. The van der Waals surface area contributed by atoms with Gasteiger partial charge in [0.15, 0.2) is 5.54 Å². The molecule has 6 nitrogen and oxygen atoms in total. The van der Waals surface area contributed by atoms with E-state index in [1.807, 2.05) is 60.8 Å². The van der Waals surface area contributed by atoms with E-state index in [1.54, 1.807) is 0 Å². The summed E-state index contributed by atoms with van der Waals surface area (Å²) in [5.41, 5.74) is 1.28. The Morgan fingerprint density at radius 3 is 2.38 bits per heavy atom. The molecule has 1 aromatic heterocycles. The molecule has 1 atom stereocenters. The Hall–Kier alpha value is -2.83. The first-order valence-corrected chi connectivity index (χ1v) is 11.2. The topological polar surface area (TPSA) is 68.4 Å². The highest BCUT2D eigenvalue weighted by Gasteiger charge is 2.54. The van der Waals surface area contributed by atoms with Crippen LogP contribution in [0.4, 0.5) is 4.79 Å². The molecule has 5 rings (SSSR count). The number of piperidine rings is 1. The molecule has 2 aliphatic heterocycles. The number of imide groups is 1. The number of aromatic nitrogens is 1. The van der Waals surface area contributed by atoms with Crippen LogP contribution in [0.1, 0.15) is 36.8 Å². The van der Waals surface area contributed by atoms with Gasteiger partial charge in [0.25, 0.3) is 5.91 Å². The summed E-state index contributed by atoms with van der Waals surface area (Å²) in [6.07, 6.45) is 6.42. The molecule has 7 heteroatoms. The Bertz CT molecular complexity index is 1090. The SMILES string of the molecule is Cl.O=C1NC(c2ccccc2)(c2c[nH]c3ccccc23)C(=O)N1CCCN1CCCCC1. The Balaban J connectivity index is 0.00000245. The molecule has 2 saturated heterocycles. The number of H-pyrrole nitrogens is 1. The van der Waals surface area contributed by atoms with Crippen molar-refractivity contribution in [3.8, 4) is 0 Å². The fourth-order valence-electron chi connectivity index (χ4n) is 5.02. The minimum atomic E-state index is -1.22. The van der Waals surface area contributed by atoms with Crippen molar-refractivity contribution in [1.29, 1.82) is 0 Å². The molecule has 32 heavy (non-hydrogen) atoms. The average molecular weight is 453 g/mol. The number of fused-ring (bicyclic) bond motifs is 1. The van der Waals surface area contributed by atoms with E-state index in [2.05, 4.69) is 15.2 Å². The quantitative estimate of drug-likeness (QED) is 0.549. The largest absolute Gasteiger partial charge is 0.361 e. The molecular formula is C25H29ClN4O2. The van der Waals surface area contributed by atoms with Gasteiger partial charge >= 0.3 is 6.03 Å². The van der Waals surface area contributed by atoms with Crippen LogP contribution in [0.25, 0.3) is 10.9 Å². The molecule has 2 N–H and O–H groups in total. The number of para-hydroxylation sites is 1. The maximum absolute atomic E-state index is 13.9. The van der Waals surface area contributed by atoms with Crippen molar-refractivity contribution in [2.75, 3.05) is 26.2 Å². The lowest BCUT2D eigenvalue weighted by Crippen LogP contribution is -2.45. The first-order valence-electron chi connectivity index (χ1n) is 11.2. The van der Waals surface area contributed by atoms with Crippen molar-refractivity contribution < 1.29 is 9.59 Å². The average Bonchev–Trinajstić information content (AvgIpc) is 3.35. The van der Waals surface area contributed by atoms with E-state index in [0.717, 1.165) is 48.1 Å². The van der Waals surface area contributed by atoms with Gasteiger partial charge in [-0.1, -0.05) is 55.0 Å². The number of benzene rings is 2. The third-order valence-electron chi connectivity index (χ3n) is 6.61. The normalized spacial score (nSPS) is 21.6. The summed E-state index contributed by atoms with van der Waals surface area (Å²) in [4.78, 5) is 34.0. The summed E-state index contributed by atoms with van der Waals surface area (Å²) in [5, 5.41) is 4.01. The van der Waals surface area contributed by atoms with Gasteiger partial charge in [0, 0.05) is 29.2 Å². The summed E-state index contributed by atoms with van der Waals surface area (Å²) >= 11 is 0. The summed E-state index contributed by atoms with van der Waals surface area (Å²) < 4.78 is 0. The van der Waals surface area contributed by atoms with E-state index in [0.29, 0.717) is 6.54 Å². The van der Waals surface area contributed by atoms with Gasteiger partial charge in [0.05, 0.1) is 0 Å². The molecule has 168 valence electrons. The minimum Gasteiger partial charge on any atom is -0.361 e. The van der Waals surface area contributed by atoms with Crippen LogP contribution in [-0.2, 0) is 10.3 Å². The number of likely N-dealkylation sites (tertiary alicyclic amines) is 1. The standard InChI is InChI=1S/C25H28N4O2.ClH/c30-23-25(19-10-3-1-4-11-19,21-18-26-22-13-6-5-12-20(21)22)27-24(31)29(23)17-9-16-28-14-7-2-8-15-28;/h1,3-6,10-13,18,26H,2,7-9,14-17H2,(H,27,31);1H. The monoisotopic (exact) mass is 452 g/mol. The highest BCUT2D eigenvalue weighted by molar-refractivity contribution is 6.11. The van der Waals surface area contributed by atoms with E-state index in [1.165, 1.54) is 24.2 Å². The number of hydrogen-bond acceptors (Lipinski definition) is 3. The van der Waals surface area contributed by atoms with Crippen molar-refractivity contribution in [2.24, 2.45) is 0 Å². The van der Waals surface area contributed by atoms with Gasteiger partial charge in [-0.2, -0.15) is 0 Å². The first-order chi connectivity index (χ1) is 15.2. The third-order valence-corrected chi connectivity index (χ3v) is 6.61. The molecule has 2 aliphatic rings. The van der Waals surface area contributed by atoms with E-state index in [-0.39, 0.29) is 24.3 Å². The number of aromatic amines is 1. The van der Waals surface area contributed by atoms with Crippen molar-refractivity contribution in [3.05, 3.63) is 71.9 Å². The molecule has 3 amide bonds. The summed E-state index contributed by atoms with van der Waals surface area (Å²) in [6.45, 7) is 3.58. The van der Waals surface area contributed by atoms with Crippen molar-refractivity contribution in [1.82, 2.24) is 20.1 Å². The van der Waals surface area contributed by atoms with Crippen molar-refractivity contribution >= 4 is 35.2 Å². The first kappa shape index (κ1) is 22.4. The van der Waals surface area contributed by atoms with Crippen LogP contribution < -0.4 is 5.32 Å². The number of nitrogens with one attached hydrogen (secondary N) is 2. The molecule has 2 aromatic carbocycles. The fraction of sp³-hybridized carbons (Fsp3) is 0.360. The maximum atomic E-state index is 13.9. The van der Waals surface area contributed by atoms with Crippen LogP contribution in [0.2, 0.25) is 0 Å². The Labute approximate surface area is 194 Å². The molecular weight excluding hydrogens is 424 g/mol. The lowest BCUT2D eigenvalue weighted by Gasteiger charge is -2.28. The second kappa shape index (κ2) is 9.35. The van der Waals surface area contributed by atoms with Crippen molar-refractivity contribution in [3.63, 3.8) is 0 Å². The van der Waals surface area contributed by atoms with Gasteiger partial charge in [0.1, 0.15) is 0 Å². The van der Waals surface area contributed by atoms with Crippen LogP contribution in [-0.4, -0.2) is 52.9 Å². The predicted molar refractivity (Wildman–Crippen MR) is 128 cm³/mol. The lowest BCUT2D eigenvalue weighted by atomic mass is 9.82. The highest BCUT2D eigenvalue weighted by Crippen LogP contribution is 2.39.